The van der Waals surface area contributed by atoms with Gasteiger partial charge in [0.25, 0.3) is 0 Å². The first-order valence-corrected chi connectivity index (χ1v) is 21.7. The summed E-state index contributed by atoms with van der Waals surface area (Å²) in [6.07, 6.45) is 8.26. The number of ether oxygens (including phenoxy) is 1. The summed E-state index contributed by atoms with van der Waals surface area (Å²) in [5.41, 5.74) is 17.5. The topological polar surface area (TPSA) is 36.4 Å². The molecule has 0 fully saturated rings. The van der Waals surface area contributed by atoms with Crippen LogP contribution in [0.5, 0.6) is 11.5 Å². The molecule has 4 aromatic heterocycles. The van der Waals surface area contributed by atoms with Gasteiger partial charge in [0, 0.05) is 11.8 Å². The zero-order chi connectivity index (χ0) is 40.6. The number of imidazole rings is 1. The zero-order valence-corrected chi connectivity index (χ0v) is 36.7. The Labute approximate surface area is 357 Å². The number of para-hydroxylation sites is 1. The van der Waals surface area contributed by atoms with E-state index in [1.807, 2.05) is 24.4 Å². The van der Waals surface area contributed by atoms with Gasteiger partial charge >= 0.3 is 261 Å². The molecular formula is C53H46N4OPt-2. The van der Waals surface area contributed by atoms with E-state index in [4.69, 9.17) is 9.72 Å². The van der Waals surface area contributed by atoms with Crippen LogP contribution in [0.4, 0.5) is 0 Å². The van der Waals surface area contributed by atoms with E-state index in [1.54, 1.807) is 0 Å². The molecule has 2 aliphatic heterocycles. The van der Waals surface area contributed by atoms with Crippen molar-refractivity contribution in [1.82, 2.24) is 18.5 Å². The van der Waals surface area contributed by atoms with Gasteiger partial charge in [-0.1, -0.05) is 57.2 Å². The molecular weight excluding hydrogens is 904 g/mol. The van der Waals surface area contributed by atoms with Crippen molar-refractivity contribution in [3.63, 3.8) is 0 Å². The predicted octanol–water partition coefficient (Wildman–Crippen LogP) is 12.5. The number of hydrogen-bond donors (Lipinski definition) is 0. The first kappa shape index (κ1) is 37.5. The molecule has 9 aromatic rings. The van der Waals surface area contributed by atoms with Gasteiger partial charge in [-0.3, -0.25) is 0 Å². The number of nitrogens with zero attached hydrogens (tertiary/aromatic N) is 4. The minimum atomic E-state index is 0.105. The van der Waals surface area contributed by atoms with Crippen LogP contribution >= 0.6 is 0 Å². The normalized spacial score (nSPS) is 13.1. The Morgan fingerprint density at radius 1 is 0.678 bits per heavy atom. The summed E-state index contributed by atoms with van der Waals surface area (Å²) in [6.45, 7) is 13.5. The fourth-order valence-corrected chi connectivity index (χ4v) is 9.91. The molecule has 6 heterocycles. The SMILES string of the molecule is Cc1cc(-n2c3[c-]c(Oc4[c-]c(-n5cc6c7ccc(n6[c]5=[Pt])CCc5ccc(c(C)c5C)CC7)ccc4)ccc3c3ccccc32)ncc1-c1ccc(C(C)(C)C)cc1. The second-order valence-corrected chi connectivity index (χ2v) is 18.1. The van der Waals surface area contributed by atoms with Crippen molar-refractivity contribution in [3.8, 4) is 34.1 Å². The first-order chi connectivity index (χ1) is 28.5. The Morgan fingerprint density at radius 2 is 1.39 bits per heavy atom. The van der Waals surface area contributed by atoms with Crippen LogP contribution in [0.15, 0.2) is 122 Å². The van der Waals surface area contributed by atoms with E-state index in [9.17, 15) is 0 Å². The number of pyridine rings is 2. The standard InChI is InChI=1S/C53H46N4O.Pt/c1-34-28-52(54-31-48(34)39-18-22-41(23-19-39)53(4,5)6)57-49-13-8-7-12-46(49)47-27-26-45(30-50(47)57)58-44-11-9-10-43(29-44)55-32-51-40-17-16-37-14-15-38(36(3)35(37)2)20-24-42(25-21-40)56(51)33-55;/h7-15,18-19,21-23,25-28,31-32H,16-17,20,24H2,1-6H3;/q-2;. The Morgan fingerprint density at radius 3 is 2.15 bits per heavy atom. The summed E-state index contributed by atoms with van der Waals surface area (Å²) in [5.74, 6) is 2.10. The van der Waals surface area contributed by atoms with Crippen LogP contribution in [0.1, 0.15) is 65.4 Å². The fraction of sp³-hybridized carbons (Fsp3) is 0.208. The Bertz CT molecular complexity index is 3170. The summed E-state index contributed by atoms with van der Waals surface area (Å²) >= 11 is 2.48. The van der Waals surface area contributed by atoms with Crippen molar-refractivity contribution >= 4 is 27.3 Å². The number of fused-ring (bicyclic) bond motifs is 3. The van der Waals surface area contributed by atoms with Gasteiger partial charge < -0.3 is 0 Å². The predicted molar refractivity (Wildman–Crippen MR) is 236 cm³/mol. The number of hydrogen-bond acceptors (Lipinski definition) is 2. The van der Waals surface area contributed by atoms with Gasteiger partial charge in [-0.15, -0.1) is 0 Å². The summed E-state index contributed by atoms with van der Waals surface area (Å²) in [4.78, 5) is 5.06. The van der Waals surface area contributed by atoms with Gasteiger partial charge in [-0.05, 0) is 29.0 Å². The molecule has 5 aromatic carbocycles. The van der Waals surface area contributed by atoms with Crippen LogP contribution < -0.4 is 4.74 Å². The average Bonchev–Trinajstić information content (AvgIpc) is 3.75. The van der Waals surface area contributed by atoms with E-state index in [0.717, 1.165) is 73.9 Å². The Balaban J connectivity index is 0.997. The third kappa shape index (κ3) is 6.61. The molecule has 0 N–H and O–H groups in total. The second-order valence-electron chi connectivity index (χ2n) is 17.1. The fourth-order valence-electron chi connectivity index (χ4n) is 8.89. The van der Waals surface area contributed by atoms with Gasteiger partial charge in [0.05, 0.1) is 0 Å². The number of aryl methyl sites for hydroxylation is 5. The number of rotatable bonds is 5. The quantitative estimate of drug-likeness (QED) is 0.161. The molecule has 4 aliphatic rings. The van der Waals surface area contributed by atoms with Crippen molar-refractivity contribution in [2.75, 3.05) is 0 Å². The molecule has 0 unspecified atom stereocenters. The van der Waals surface area contributed by atoms with Gasteiger partial charge in [-0.25, -0.2) is 0 Å². The van der Waals surface area contributed by atoms with Crippen LogP contribution in [0.3, 0.4) is 0 Å². The molecule has 0 saturated heterocycles. The number of benzene rings is 5. The van der Waals surface area contributed by atoms with Crippen molar-refractivity contribution in [2.45, 2.75) is 72.6 Å². The Hall–Kier alpha value is -5.77. The van der Waals surface area contributed by atoms with Gasteiger partial charge in [-0.2, -0.15) is 0 Å². The van der Waals surface area contributed by atoms with Crippen LogP contribution in [0, 0.1) is 36.7 Å². The summed E-state index contributed by atoms with van der Waals surface area (Å²) in [5, 5.41) is 2.25. The van der Waals surface area contributed by atoms with E-state index in [2.05, 4.69) is 184 Å². The molecule has 6 heteroatoms. The molecule has 4 bridgehead atoms. The molecule has 13 rings (SSSR count). The van der Waals surface area contributed by atoms with E-state index in [-0.39, 0.29) is 5.41 Å². The van der Waals surface area contributed by atoms with E-state index in [1.165, 1.54) is 50.2 Å². The third-order valence-corrected chi connectivity index (χ3v) is 13.5. The minimum absolute atomic E-state index is 0.105. The van der Waals surface area contributed by atoms with Crippen LogP contribution in [-0.2, 0) is 50.5 Å². The smallest absolute Gasteiger partial charge is 0.0579 e. The van der Waals surface area contributed by atoms with E-state index in [0.29, 0.717) is 11.5 Å². The van der Waals surface area contributed by atoms with Crippen molar-refractivity contribution in [3.05, 3.63) is 182 Å². The molecule has 0 atom stereocenters. The maximum absolute atomic E-state index is 6.61. The van der Waals surface area contributed by atoms with Crippen molar-refractivity contribution in [1.29, 1.82) is 0 Å². The Kier molecular flexibility index (Phi) is 9.21. The molecule has 296 valence electrons. The molecule has 2 aliphatic carbocycles. The summed E-state index contributed by atoms with van der Waals surface area (Å²) in [7, 11) is 0. The number of aromatic nitrogens is 4. The average molecular weight is 950 g/mol. The molecule has 5 nitrogen and oxygen atoms in total. The summed E-state index contributed by atoms with van der Waals surface area (Å²) in [6, 6.07) is 46.4. The van der Waals surface area contributed by atoms with Crippen LogP contribution in [-0.4, -0.2) is 18.5 Å². The molecule has 0 amide bonds. The minimum Gasteiger partial charge on any atom is -0.0579 e. The van der Waals surface area contributed by atoms with Gasteiger partial charge in [0.2, 0.25) is 0 Å². The third-order valence-electron chi connectivity index (χ3n) is 12.4. The van der Waals surface area contributed by atoms with Crippen LogP contribution in [0.2, 0.25) is 0 Å². The van der Waals surface area contributed by atoms with Gasteiger partial charge in [0.15, 0.2) is 0 Å². The molecule has 59 heavy (non-hydrogen) atoms. The molecule has 0 spiro atoms. The maximum atomic E-state index is 6.61. The van der Waals surface area contributed by atoms with Crippen molar-refractivity contribution < 1.29 is 24.1 Å². The van der Waals surface area contributed by atoms with E-state index >= 15 is 0 Å². The monoisotopic (exact) mass is 949 g/mol. The van der Waals surface area contributed by atoms with Crippen LogP contribution in [0.25, 0.3) is 50.0 Å². The van der Waals surface area contributed by atoms with Gasteiger partial charge in [0.1, 0.15) is 0 Å². The second kappa shape index (κ2) is 14.5. The first-order valence-electron chi connectivity index (χ1n) is 20.5. The summed E-state index contributed by atoms with van der Waals surface area (Å²) < 4.78 is 14.6. The molecule has 0 radical (unpaired) electrons. The zero-order valence-electron chi connectivity index (χ0n) is 34.4. The van der Waals surface area contributed by atoms with Crippen molar-refractivity contribution in [2.24, 2.45) is 0 Å². The van der Waals surface area contributed by atoms with E-state index < -0.39 is 0 Å². The molecule has 0 saturated carbocycles.